The number of nitrogens with one attached hydrogen (secondary N) is 1. The molecule has 25 heavy (non-hydrogen) atoms. The zero-order valence-corrected chi connectivity index (χ0v) is 12.9. The van der Waals surface area contributed by atoms with Gasteiger partial charge in [0, 0.05) is 6.08 Å². The van der Waals surface area contributed by atoms with Crippen LogP contribution in [0, 0.1) is 0 Å². The Labute approximate surface area is 141 Å². The molecule has 0 unspecified atom stereocenters. The normalized spacial score (nSPS) is 14.4. The van der Waals surface area contributed by atoms with Crippen molar-refractivity contribution in [2.45, 2.75) is 6.18 Å². The van der Waals surface area contributed by atoms with Crippen molar-refractivity contribution < 1.29 is 22.8 Å². The second-order valence-electron chi connectivity index (χ2n) is 5.45. The number of benzene rings is 2. The van der Waals surface area contributed by atoms with E-state index in [1.807, 2.05) is 0 Å². The largest absolute Gasteiger partial charge is 0.416 e. The summed E-state index contributed by atoms with van der Waals surface area (Å²) >= 11 is 0. The van der Waals surface area contributed by atoms with Crippen molar-refractivity contribution in [2.24, 2.45) is 0 Å². The molecule has 0 saturated carbocycles. The molecule has 1 aliphatic rings. The van der Waals surface area contributed by atoms with Crippen LogP contribution in [-0.4, -0.2) is 18.4 Å². The zero-order chi connectivity index (χ0) is 18.0. The number of carbonyl (C=O) groups is 2. The number of rotatable bonds is 2. The number of para-hydroxylation sites is 2. The van der Waals surface area contributed by atoms with Crippen molar-refractivity contribution in [2.75, 3.05) is 16.8 Å². The van der Waals surface area contributed by atoms with E-state index in [0.29, 0.717) is 11.4 Å². The third-order valence-corrected chi connectivity index (χ3v) is 3.67. The first-order chi connectivity index (χ1) is 11.8. The summed E-state index contributed by atoms with van der Waals surface area (Å²) < 4.78 is 38.2. The molecule has 0 aromatic heterocycles. The van der Waals surface area contributed by atoms with Crippen molar-refractivity contribution in [3.63, 3.8) is 0 Å². The highest BCUT2D eigenvalue weighted by molar-refractivity contribution is 6.13. The number of fused-ring (bicyclic) bond motifs is 1. The summed E-state index contributed by atoms with van der Waals surface area (Å²) in [5, 5.41) is 2.66. The molecule has 2 amide bonds. The standard InChI is InChI=1S/C18H13F3N2O2/c19-18(20,21)13-5-3-4-12(10-13)8-9-17(25)23-11-16(24)22-14-6-1-2-7-15(14)23/h1-10H,11H2,(H,22,24). The van der Waals surface area contributed by atoms with Crippen LogP contribution in [0.1, 0.15) is 11.1 Å². The molecule has 0 spiro atoms. The number of carbonyl (C=O) groups excluding carboxylic acids is 2. The van der Waals surface area contributed by atoms with E-state index in [9.17, 15) is 22.8 Å². The topological polar surface area (TPSA) is 49.4 Å². The highest BCUT2D eigenvalue weighted by Gasteiger charge is 2.30. The molecule has 7 heteroatoms. The minimum absolute atomic E-state index is 0.150. The van der Waals surface area contributed by atoms with Crippen LogP contribution in [0.25, 0.3) is 6.08 Å². The summed E-state index contributed by atoms with van der Waals surface area (Å²) in [6.07, 6.45) is -1.99. The van der Waals surface area contributed by atoms with Gasteiger partial charge in [0.2, 0.25) is 5.91 Å². The number of halogens is 3. The molecule has 3 rings (SSSR count). The number of hydrogen-bond acceptors (Lipinski definition) is 2. The van der Waals surface area contributed by atoms with Gasteiger partial charge in [0.25, 0.3) is 5.91 Å². The van der Waals surface area contributed by atoms with Gasteiger partial charge in [-0.25, -0.2) is 0 Å². The fraction of sp³-hybridized carbons (Fsp3) is 0.111. The lowest BCUT2D eigenvalue weighted by atomic mass is 10.1. The molecular formula is C18H13F3N2O2. The Bertz CT molecular complexity index is 859. The molecule has 2 aromatic carbocycles. The van der Waals surface area contributed by atoms with Crippen LogP contribution >= 0.6 is 0 Å². The highest BCUT2D eigenvalue weighted by atomic mass is 19.4. The Morgan fingerprint density at radius 3 is 2.64 bits per heavy atom. The van der Waals surface area contributed by atoms with Gasteiger partial charge in [0.15, 0.2) is 0 Å². The van der Waals surface area contributed by atoms with Gasteiger partial charge in [-0.1, -0.05) is 24.3 Å². The summed E-state index contributed by atoms with van der Waals surface area (Å²) in [5.41, 5.74) is 0.517. The molecule has 0 aliphatic carbocycles. The Balaban J connectivity index is 1.83. The smallest absolute Gasteiger partial charge is 0.323 e. The molecule has 0 fully saturated rings. The van der Waals surface area contributed by atoms with E-state index >= 15 is 0 Å². The summed E-state index contributed by atoms with van der Waals surface area (Å²) in [6.45, 7) is -0.150. The summed E-state index contributed by atoms with van der Waals surface area (Å²) in [5.74, 6) is -0.820. The minimum atomic E-state index is -4.45. The Hall–Kier alpha value is -3.09. The van der Waals surface area contributed by atoms with E-state index in [1.54, 1.807) is 24.3 Å². The van der Waals surface area contributed by atoms with Gasteiger partial charge < -0.3 is 5.32 Å². The van der Waals surface area contributed by atoms with Crippen LogP contribution in [-0.2, 0) is 15.8 Å². The first-order valence-electron chi connectivity index (χ1n) is 7.40. The fourth-order valence-electron chi connectivity index (χ4n) is 2.51. The fourth-order valence-corrected chi connectivity index (χ4v) is 2.51. The maximum absolute atomic E-state index is 12.7. The van der Waals surface area contributed by atoms with E-state index in [4.69, 9.17) is 0 Å². The van der Waals surface area contributed by atoms with Crippen LogP contribution in [0.5, 0.6) is 0 Å². The Morgan fingerprint density at radius 1 is 1.12 bits per heavy atom. The quantitative estimate of drug-likeness (QED) is 0.843. The van der Waals surface area contributed by atoms with Crippen LogP contribution in [0.4, 0.5) is 24.5 Å². The van der Waals surface area contributed by atoms with Gasteiger partial charge in [-0.05, 0) is 35.9 Å². The number of amides is 2. The lowest BCUT2D eigenvalue weighted by Crippen LogP contribution is -2.41. The van der Waals surface area contributed by atoms with E-state index in [2.05, 4.69) is 5.32 Å². The molecule has 0 radical (unpaired) electrons. The number of nitrogens with zero attached hydrogens (tertiary/aromatic N) is 1. The highest BCUT2D eigenvalue weighted by Crippen LogP contribution is 2.30. The average Bonchev–Trinajstić information content (AvgIpc) is 2.58. The molecule has 0 bridgehead atoms. The molecule has 1 heterocycles. The van der Waals surface area contributed by atoms with Gasteiger partial charge in [0.05, 0.1) is 16.9 Å². The maximum atomic E-state index is 12.7. The molecule has 0 saturated heterocycles. The molecule has 2 aromatic rings. The minimum Gasteiger partial charge on any atom is -0.323 e. The maximum Gasteiger partial charge on any atom is 0.416 e. The summed E-state index contributed by atoms with van der Waals surface area (Å²) in [6, 6.07) is 11.5. The third kappa shape index (κ3) is 3.71. The number of hydrogen-bond donors (Lipinski definition) is 1. The molecule has 4 nitrogen and oxygen atoms in total. The van der Waals surface area contributed by atoms with E-state index in [-0.39, 0.29) is 18.0 Å². The van der Waals surface area contributed by atoms with E-state index in [0.717, 1.165) is 18.2 Å². The van der Waals surface area contributed by atoms with Crippen molar-refractivity contribution in [3.8, 4) is 0 Å². The van der Waals surface area contributed by atoms with E-state index in [1.165, 1.54) is 23.1 Å². The number of alkyl halides is 3. The summed E-state index contributed by atoms with van der Waals surface area (Å²) in [4.78, 5) is 25.4. The zero-order valence-electron chi connectivity index (χ0n) is 12.9. The Kier molecular flexibility index (Phi) is 4.31. The monoisotopic (exact) mass is 346 g/mol. The first-order valence-corrected chi connectivity index (χ1v) is 7.40. The summed E-state index contributed by atoms with van der Waals surface area (Å²) in [7, 11) is 0. The molecule has 1 N–H and O–H groups in total. The van der Waals surface area contributed by atoms with E-state index < -0.39 is 17.6 Å². The van der Waals surface area contributed by atoms with Gasteiger partial charge in [-0.2, -0.15) is 13.2 Å². The van der Waals surface area contributed by atoms with Crippen molar-refractivity contribution in [1.29, 1.82) is 0 Å². The second-order valence-corrected chi connectivity index (χ2v) is 5.45. The third-order valence-electron chi connectivity index (χ3n) is 3.67. The van der Waals surface area contributed by atoms with Crippen molar-refractivity contribution in [3.05, 3.63) is 65.7 Å². The van der Waals surface area contributed by atoms with Crippen LogP contribution in [0.2, 0.25) is 0 Å². The van der Waals surface area contributed by atoms with Gasteiger partial charge >= 0.3 is 6.18 Å². The van der Waals surface area contributed by atoms with Crippen molar-refractivity contribution >= 4 is 29.3 Å². The van der Waals surface area contributed by atoms with Crippen LogP contribution in [0.15, 0.2) is 54.6 Å². The van der Waals surface area contributed by atoms with Crippen LogP contribution < -0.4 is 10.2 Å². The number of anilines is 2. The second kappa shape index (κ2) is 6.43. The lowest BCUT2D eigenvalue weighted by molar-refractivity contribution is -0.137. The average molecular weight is 346 g/mol. The first kappa shape index (κ1) is 16.8. The molecular weight excluding hydrogens is 333 g/mol. The molecule has 1 aliphatic heterocycles. The van der Waals surface area contributed by atoms with Gasteiger partial charge in [0.1, 0.15) is 6.54 Å². The Morgan fingerprint density at radius 2 is 1.88 bits per heavy atom. The predicted octanol–water partition coefficient (Wildman–Crippen LogP) is 3.70. The molecule has 0 atom stereocenters. The molecule has 128 valence electrons. The van der Waals surface area contributed by atoms with Gasteiger partial charge in [-0.3, -0.25) is 14.5 Å². The van der Waals surface area contributed by atoms with Crippen molar-refractivity contribution in [1.82, 2.24) is 0 Å². The SMILES string of the molecule is O=C1CN(C(=O)C=Cc2cccc(C(F)(F)F)c2)c2ccccc2N1. The van der Waals surface area contributed by atoms with Gasteiger partial charge in [-0.15, -0.1) is 0 Å². The van der Waals surface area contributed by atoms with Crippen LogP contribution in [0.3, 0.4) is 0 Å². The lowest BCUT2D eigenvalue weighted by Gasteiger charge is -2.28. The predicted molar refractivity (Wildman–Crippen MR) is 87.9 cm³/mol.